The van der Waals surface area contributed by atoms with Gasteiger partial charge in [-0.3, -0.25) is 4.72 Å². The van der Waals surface area contributed by atoms with E-state index >= 15 is 0 Å². The van der Waals surface area contributed by atoms with Crippen LogP contribution < -0.4 is 4.72 Å². The third-order valence-electron chi connectivity index (χ3n) is 3.93. The molecule has 0 saturated carbocycles. The van der Waals surface area contributed by atoms with Crippen LogP contribution in [0.25, 0.3) is 11.3 Å². The molecule has 29 heavy (non-hydrogen) atoms. The number of anilines is 1. The lowest BCUT2D eigenvalue weighted by Crippen LogP contribution is -2.14. The second-order valence-electron chi connectivity index (χ2n) is 5.92. The van der Waals surface area contributed by atoms with E-state index in [1.54, 1.807) is 6.07 Å². The molecule has 0 aliphatic carbocycles. The van der Waals surface area contributed by atoms with Crippen molar-refractivity contribution in [2.24, 2.45) is 0 Å². The van der Waals surface area contributed by atoms with Gasteiger partial charge in [-0.2, -0.15) is 0 Å². The van der Waals surface area contributed by atoms with Gasteiger partial charge in [0.15, 0.2) is 14.9 Å². The quantitative estimate of drug-likeness (QED) is 0.633. The van der Waals surface area contributed by atoms with E-state index in [9.17, 15) is 25.6 Å². The summed E-state index contributed by atoms with van der Waals surface area (Å²) < 4.78 is 77.5. The predicted octanol–water partition coefficient (Wildman–Crippen LogP) is 3.02. The second kappa shape index (κ2) is 7.84. The third-order valence-corrected chi connectivity index (χ3v) is 6.96. The lowest BCUT2D eigenvalue weighted by molar-refractivity contribution is 0.551. The van der Waals surface area contributed by atoms with Crippen LogP contribution in [0.5, 0.6) is 0 Å². The first-order valence-electron chi connectivity index (χ1n) is 8.27. The molecule has 1 N–H and O–H groups in total. The van der Waals surface area contributed by atoms with Crippen LogP contribution >= 0.6 is 0 Å². The summed E-state index contributed by atoms with van der Waals surface area (Å²) in [6, 6.07) is 10.9. The maximum Gasteiger partial charge on any atom is 0.264 e. The minimum atomic E-state index is -4.30. The Morgan fingerprint density at radius 2 is 1.69 bits per heavy atom. The highest BCUT2D eigenvalue weighted by atomic mass is 32.2. The average molecular weight is 439 g/mol. The SMILES string of the molecule is CCS(=O)(=O)c1ccc(-c2cccc(NS(=O)(=O)c3ccc(F)cc3F)c2)nn1. The van der Waals surface area contributed by atoms with Crippen molar-refractivity contribution in [1.82, 2.24) is 10.2 Å². The van der Waals surface area contributed by atoms with E-state index in [0.717, 1.165) is 12.1 Å². The summed E-state index contributed by atoms with van der Waals surface area (Å²) in [5, 5.41) is 7.42. The molecular weight excluding hydrogens is 424 g/mol. The molecule has 11 heteroatoms. The van der Waals surface area contributed by atoms with Crippen LogP contribution in [-0.4, -0.2) is 32.8 Å². The number of halogens is 2. The van der Waals surface area contributed by atoms with Gasteiger partial charge in [0.2, 0.25) is 0 Å². The summed E-state index contributed by atoms with van der Waals surface area (Å²) in [4.78, 5) is -0.696. The molecule has 152 valence electrons. The molecule has 0 radical (unpaired) electrons. The van der Waals surface area contributed by atoms with E-state index in [-0.39, 0.29) is 16.5 Å². The number of hydrogen-bond acceptors (Lipinski definition) is 6. The number of sulfone groups is 1. The summed E-state index contributed by atoms with van der Waals surface area (Å²) in [5.41, 5.74) is 0.880. The first-order chi connectivity index (χ1) is 13.6. The Kier molecular flexibility index (Phi) is 5.62. The minimum absolute atomic E-state index is 0.110. The molecule has 1 aromatic heterocycles. The number of hydrogen-bond donors (Lipinski definition) is 1. The highest BCUT2D eigenvalue weighted by Crippen LogP contribution is 2.24. The molecule has 0 bridgehead atoms. The summed E-state index contributed by atoms with van der Waals surface area (Å²) >= 11 is 0. The van der Waals surface area contributed by atoms with E-state index < -0.39 is 36.4 Å². The normalized spacial score (nSPS) is 12.0. The zero-order chi connectivity index (χ0) is 21.2. The minimum Gasteiger partial charge on any atom is -0.280 e. The van der Waals surface area contributed by atoms with E-state index in [0.29, 0.717) is 17.3 Å². The molecule has 0 atom stereocenters. The van der Waals surface area contributed by atoms with Gasteiger partial charge in [0.05, 0.1) is 11.4 Å². The summed E-state index contributed by atoms with van der Waals surface area (Å²) in [7, 11) is -7.79. The Bertz CT molecular complexity index is 1260. The molecule has 0 fully saturated rings. The molecule has 0 spiro atoms. The first kappa shape index (κ1) is 20.8. The van der Waals surface area contributed by atoms with Crippen molar-refractivity contribution >= 4 is 25.5 Å². The van der Waals surface area contributed by atoms with Gasteiger partial charge >= 0.3 is 0 Å². The summed E-state index contributed by atoms with van der Waals surface area (Å²) in [5.74, 6) is -2.22. The molecule has 0 saturated heterocycles. The molecule has 0 aliphatic heterocycles. The molecule has 2 aromatic carbocycles. The number of rotatable bonds is 6. The van der Waals surface area contributed by atoms with Gasteiger partial charge in [-0.05, 0) is 36.4 Å². The van der Waals surface area contributed by atoms with E-state index in [4.69, 9.17) is 0 Å². The molecular formula is C18H15F2N3O4S2. The largest absolute Gasteiger partial charge is 0.280 e. The maximum atomic E-state index is 13.8. The average Bonchev–Trinajstić information content (AvgIpc) is 2.67. The number of aromatic nitrogens is 2. The lowest BCUT2D eigenvalue weighted by Gasteiger charge is -2.10. The second-order valence-corrected chi connectivity index (χ2v) is 9.80. The van der Waals surface area contributed by atoms with Crippen LogP contribution in [0, 0.1) is 11.6 Å². The van der Waals surface area contributed by atoms with Gasteiger partial charge in [0.25, 0.3) is 10.0 Å². The Labute approximate surface area is 166 Å². The van der Waals surface area contributed by atoms with Crippen molar-refractivity contribution in [2.75, 3.05) is 10.5 Å². The maximum absolute atomic E-state index is 13.8. The Hall–Kier alpha value is -2.92. The van der Waals surface area contributed by atoms with Crippen molar-refractivity contribution in [3.63, 3.8) is 0 Å². The van der Waals surface area contributed by atoms with Crippen LogP contribution in [0.3, 0.4) is 0 Å². The topological polar surface area (TPSA) is 106 Å². The van der Waals surface area contributed by atoms with Crippen molar-refractivity contribution < 1.29 is 25.6 Å². The fourth-order valence-corrected chi connectivity index (χ4v) is 4.28. The van der Waals surface area contributed by atoms with Gasteiger partial charge in [-0.15, -0.1) is 10.2 Å². The number of nitrogens with zero attached hydrogens (tertiary/aromatic N) is 2. The van der Waals surface area contributed by atoms with Crippen molar-refractivity contribution in [3.8, 4) is 11.3 Å². The van der Waals surface area contributed by atoms with Crippen LogP contribution in [0.1, 0.15) is 6.92 Å². The van der Waals surface area contributed by atoms with E-state index in [1.165, 1.54) is 37.3 Å². The van der Waals surface area contributed by atoms with Crippen LogP contribution in [0.2, 0.25) is 0 Å². The molecule has 0 unspecified atom stereocenters. The zero-order valence-corrected chi connectivity index (χ0v) is 16.6. The summed E-state index contributed by atoms with van der Waals surface area (Å²) in [6.45, 7) is 1.49. The molecule has 7 nitrogen and oxygen atoms in total. The molecule has 3 rings (SSSR count). The number of sulfonamides is 1. The molecule has 1 heterocycles. The van der Waals surface area contributed by atoms with Crippen molar-refractivity contribution in [1.29, 1.82) is 0 Å². The number of nitrogens with one attached hydrogen (secondary N) is 1. The molecule has 3 aromatic rings. The zero-order valence-electron chi connectivity index (χ0n) is 15.0. The van der Waals surface area contributed by atoms with Gasteiger partial charge < -0.3 is 0 Å². The van der Waals surface area contributed by atoms with Gasteiger partial charge in [0.1, 0.15) is 16.5 Å². The first-order valence-corrected chi connectivity index (χ1v) is 11.4. The highest BCUT2D eigenvalue weighted by Gasteiger charge is 2.20. The van der Waals surface area contributed by atoms with Crippen LogP contribution in [0.15, 0.2) is 64.5 Å². The van der Waals surface area contributed by atoms with E-state index in [1.807, 2.05) is 0 Å². The highest BCUT2D eigenvalue weighted by molar-refractivity contribution is 7.92. The monoisotopic (exact) mass is 439 g/mol. The molecule has 0 aliphatic rings. The number of benzene rings is 2. The fraction of sp³-hybridized carbons (Fsp3) is 0.111. The van der Waals surface area contributed by atoms with Crippen molar-refractivity contribution in [2.45, 2.75) is 16.8 Å². The smallest absolute Gasteiger partial charge is 0.264 e. The Balaban J connectivity index is 1.90. The van der Waals surface area contributed by atoms with Gasteiger partial charge in [0, 0.05) is 17.3 Å². The Morgan fingerprint density at radius 3 is 2.31 bits per heavy atom. The van der Waals surface area contributed by atoms with Crippen LogP contribution in [-0.2, 0) is 19.9 Å². The lowest BCUT2D eigenvalue weighted by atomic mass is 10.1. The molecule has 0 amide bonds. The van der Waals surface area contributed by atoms with E-state index in [2.05, 4.69) is 14.9 Å². The van der Waals surface area contributed by atoms with Crippen molar-refractivity contribution in [3.05, 3.63) is 66.2 Å². The van der Waals surface area contributed by atoms with Gasteiger partial charge in [-0.25, -0.2) is 25.6 Å². The van der Waals surface area contributed by atoms with Gasteiger partial charge in [-0.1, -0.05) is 19.1 Å². The Morgan fingerprint density at radius 1 is 0.931 bits per heavy atom. The fourth-order valence-electron chi connectivity index (χ4n) is 2.43. The summed E-state index contributed by atoms with van der Waals surface area (Å²) in [6.07, 6.45) is 0. The third kappa shape index (κ3) is 4.57. The predicted molar refractivity (Wildman–Crippen MR) is 102 cm³/mol. The van der Waals surface area contributed by atoms with Crippen LogP contribution in [0.4, 0.5) is 14.5 Å². The standard InChI is InChI=1S/C18H15F2N3O4S2/c1-2-28(24,25)18-9-7-16(21-22-18)12-4-3-5-14(10-12)23-29(26,27)17-8-6-13(19)11-15(17)20/h3-11,23H,2H2,1H3.